The monoisotopic (exact) mass is 284 g/mol. The minimum Gasteiger partial charge on any atom is -0.383 e. The highest BCUT2D eigenvalue weighted by Gasteiger charge is 2.17. The summed E-state index contributed by atoms with van der Waals surface area (Å²) in [6.07, 6.45) is 2.47. The van der Waals surface area contributed by atoms with Crippen LogP contribution in [0, 0.1) is 0 Å². The van der Waals surface area contributed by atoms with Crippen LogP contribution in [0.1, 0.15) is 23.0 Å². The molecule has 1 heterocycles. The van der Waals surface area contributed by atoms with Crippen molar-refractivity contribution in [2.75, 3.05) is 31.3 Å². The molecule has 4 N–H and O–H groups in total. The first-order chi connectivity index (χ1) is 9.08. The maximum atomic E-state index is 12.0. The van der Waals surface area contributed by atoms with E-state index < -0.39 is 0 Å². The average Bonchev–Trinajstić information content (AvgIpc) is 2.71. The molecule has 0 saturated heterocycles. The van der Waals surface area contributed by atoms with E-state index in [1.807, 2.05) is 6.92 Å². The Hall–Kier alpha value is -1.60. The predicted octanol–water partition coefficient (Wildman–Crippen LogP) is 1.48. The van der Waals surface area contributed by atoms with Crippen molar-refractivity contribution in [2.24, 2.45) is 0 Å². The molecule has 19 heavy (non-hydrogen) atoms. The number of aromatic nitrogens is 1. The van der Waals surface area contributed by atoms with Gasteiger partial charge in [0.15, 0.2) is 5.13 Å². The van der Waals surface area contributed by atoms with Crippen LogP contribution in [0.4, 0.5) is 10.9 Å². The van der Waals surface area contributed by atoms with Crippen molar-refractivity contribution in [3.8, 4) is 0 Å². The number of nitrogens with zero attached hydrogens (tertiary/aromatic N) is 1. The second-order valence-corrected chi connectivity index (χ2v) is 5.05. The van der Waals surface area contributed by atoms with E-state index >= 15 is 0 Å². The van der Waals surface area contributed by atoms with E-state index in [1.165, 1.54) is 11.3 Å². The van der Waals surface area contributed by atoms with E-state index in [4.69, 9.17) is 10.5 Å². The molecule has 0 aliphatic rings. The summed E-state index contributed by atoms with van der Waals surface area (Å²) in [4.78, 5) is 16.5. The lowest BCUT2D eigenvalue weighted by atomic mass is 10.2. The minimum absolute atomic E-state index is 0.0244. The van der Waals surface area contributed by atoms with Crippen LogP contribution in [0.15, 0.2) is 12.7 Å². The van der Waals surface area contributed by atoms with Gasteiger partial charge in [0.25, 0.3) is 5.91 Å². The fourth-order valence-corrected chi connectivity index (χ4v) is 2.24. The number of nitrogens with one attached hydrogen (secondary N) is 2. The Morgan fingerprint density at radius 1 is 1.68 bits per heavy atom. The molecule has 1 unspecified atom stereocenters. The lowest BCUT2D eigenvalue weighted by molar-refractivity contribution is 0.0945. The Morgan fingerprint density at radius 2 is 2.42 bits per heavy atom. The van der Waals surface area contributed by atoms with Crippen molar-refractivity contribution in [3.63, 3.8) is 0 Å². The molecule has 0 radical (unpaired) electrons. The zero-order valence-electron chi connectivity index (χ0n) is 11.2. The molecule has 0 spiro atoms. The van der Waals surface area contributed by atoms with Gasteiger partial charge in [-0.1, -0.05) is 17.4 Å². The maximum absolute atomic E-state index is 12.0. The number of anilines is 2. The zero-order chi connectivity index (χ0) is 14.3. The van der Waals surface area contributed by atoms with Gasteiger partial charge in [-0.3, -0.25) is 4.79 Å². The number of methoxy groups -OCH3 is 1. The average molecular weight is 284 g/mol. The number of amides is 1. The van der Waals surface area contributed by atoms with E-state index in [-0.39, 0.29) is 17.8 Å². The largest absolute Gasteiger partial charge is 0.383 e. The molecule has 0 saturated carbocycles. The van der Waals surface area contributed by atoms with Gasteiger partial charge in [0, 0.05) is 19.7 Å². The topological polar surface area (TPSA) is 89.3 Å². The molecule has 1 aromatic rings. The van der Waals surface area contributed by atoms with Crippen LogP contribution in [0.3, 0.4) is 0 Å². The number of carbonyl (C=O) groups excluding carboxylic acids is 1. The van der Waals surface area contributed by atoms with Gasteiger partial charge in [-0.05, 0) is 13.3 Å². The summed E-state index contributed by atoms with van der Waals surface area (Å²) >= 11 is 1.24. The van der Waals surface area contributed by atoms with Gasteiger partial charge in [0.05, 0.1) is 6.61 Å². The van der Waals surface area contributed by atoms with Crippen molar-refractivity contribution in [1.82, 2.24) is 10.3 Å². The minimum atomic E-state index is -0.204. The number of nitrogen functional groups attached to an aromatic ring is 1. The first-order valence-electron chi connectivity index (χ1n) is 5.99. The molecule has 1 atom stereocenters. The highest BCUT2D eigenvalue weighted by atomic mass is 32.1. The lowest BCUT2D eigenvalue weighted by Gasteiger charge is -2.10. The van der Waals surface area contributed by atoms with Crippen molar-refractivity contribution in [1.29, 1.82) is 0 Å². The molecule has 0 bridgehead atoms. The quantitative estimate of drug-likeness (QED) is 0.497. The van der Waals surface area contributed by atoms with E-state index in [1.54, 1.807) is 13.2 Å². The molecule has 6 nitrogen and oxygen atoms in total. The van der Waals surface area contributed by atoms with E-state index in [0.717, 1.165) is 0 Å². The number of rotatable bonds is 8. The maximum Gasteiger partial charge on any atom is 0.265 e. The highest BCUT2D eigenvalue weighted by Crippen LogP contribution is 2.24. The van der Waals surface area contributed by atoms with Crippen LogP contribution in [-0.4, -0.2) is 37.2 Å². The Balaban J connectivity index is 2.61. The van der Waals surface area contributed by atoms with Gasteiger partial charge >= 0.3 is 0 Å². The molecular formula is C12H20N4O2S. The third kappa shape index (κ3) is 4.88. The summed E-state index contributed by atoms with van der Waals surface area (Å²) in [7, 11) is 1.62. The number of hydrogen-bond acceptors (Lipinski definition) is 6. The zero-order valence-corrected chi connectivity index (χ0v) is 12.0. The Labute approximate surface area is 117 Å². The standard InChI is InChI=1S/C12H20N4O2S/c1-4-5-8(2)15-11(17)9-10(13)16-12(19-9)14-6-7-18-3/h4,8H,1,5-7,13H2,2-3H3,(H,14,16)(H,15,17). The summed E-state index contributed by atoms with van der Waals surface area (Å²) in [6.45, 7) is 6.74. The summed E-state index contributed by atoms with van der Waals surface area (Å²) in [5.41, 5.74) is 5.74. The molecule has 0 aromatic carbocycles. The van der Waals surface area contributed by atoms with Crippen LogP contribution in [0.25, 0.3) is 0 Å². The first kappa shape index (κ1) is 15.5. The fraction of sp³-hybridized carbons (Fsp3) is 0.500. The molecule has 0 fully saturated rings. The molecule has 1 aromatic heterocycles. The molecule has 0 aliphatic carbocycles. The molecule has 106 valence electrons. The molecular weight excluding hydrogens is 264 g/mol. The normalized spacial score (nSPS) is 11.9. The van der Waals surface area contributed by atoms with Gasteiger partial charge in [-0.15, -0.1) is 6.58 Å². The van der Waals surface area contributed by atoms with Gasteiger partial charge in [-0.25, -0.2) is 4.98 Å². The number of thiazole rings is 1. The summed E-state index contributed by atoms with van der Waals surface area (Å²) in [5.74, 6) is 0.0392. The SMILES string of the molecule is C=CCC(C)NC(=O)c1sc(NCCOC)nc1N. The van der Waals surface area contributed by atoms with Gasteiger partial charge in [0.2, 0.25) is 0 Å². The van der Waals surface area contributed by atoms with E-state index in [0.29, 0.717) is 29.6 Å². The highest BCUT2D eigenvalue weighted by molar-refractivity contribution is 7.18. The molecule has 1 amide bonds. The Bertz CT molecular complexity index is 433. The van der Waals surface area contributed by atoms with Crippen LogP contribution >= 0.6 is 11.3 Å². The Kier molecular flexibility index (Phi) is 6.31. The van der Waals surface area contributed by atoms with Gasteiger partial charge in [-0.2, -0.15) is 0 Å². The Morgan fingerprint density at radius 3 is 3.05 bits per heavy atom. The van der Waals surface area contributed by atoms with Gasteiger partial charge < -0.3 is 21.1 Å². The second-order valence-electron chi connectivity index (χ2n) is 4.05. The van der Waals surface area contributed by atoms with Crippen LogP contribution in [0.2, 0.25) is 0 Å². The van der Waals surface area contributed by atoms with Crippen LogP contribution < -0.4 is 16.4 Å². The van der Waals surface area contributed by atoms with E-state index in [9.17, 15) is 4.79 Å². The van der Waals surface area contributed by atoms with Crippen LogP contribution in [0.5, 0.6) is 0 Å². The third-order valence-electron chi connectivity index (χ3n) is 2.34. The van der Waals surface area contributed by atoms with Crippen LogP contribution in [-0.2, 0) is 4.74 Å². The number of carbonyl (C=O) groups is 1. The van der Waals surface area contributed by atoms with Crippen molar-refractivity contribution in [2.45, 2.75) is 19.4 Å². The summed E-state index contributed by atoms with van der Waals surface area (Å²) in [6, 6.07) is 0.0244. The molecule has 7 heteroatoms. The first-order valence-corrected chi connectivity index (χ1v) is 6.81. The summed E-state index contributed by atoms with van der Waals surface area (Å²) < 4.78 is 4.92. The van der Waals surface area contributed by atoms with Crippen molar-refractivity contribution >= 4 is 28.2 Å². The van der Waals surface area contributed by atoms with Crippen molar-refractivity contribution < 1.29 is 9.53 Å². The number of nitrogens with two attached hydrogens (primary N) is 1. The third-order valence-corrected chi connectivity index (χ3v) is 3.37. The predicted molar refractivity (Wildman–Crippen MR) is 78.6 cm³/mol. The second kappa shape index (κ2) is 7.75. The lowest BCUT2D eigenvalue weighted by Crippen LogP contribution is -2.31. The smallest absolute Gasteiger partial charge is 0.265 e. The molecule has 1 rings (SSSR count). The van der Waals surface area contributed by atoms with E-state index in [2.05, 4.69) is 22.2 Å². The number of hydrogen-bond donors (Lipinski definition) is 3. The summed E-state index contributed by atoms with van der Waals surface area (Å²) in [5, 5.41) is 6.51. The van der Waals surface area contributed by atoms with Gasteiger partial charge in [0.1, 0.15) is 10.7 Å². The molecule has 0 aliphatic heterocycles. The number of ether oxygens (including phenoxy) is 1. The fourth-order valence-electron chi connectivity index (χ4n) is 1.43. The van der Waals surface area contributed by atoms with Crippen molar-refractivity contribution in [3.05, 3.63) is 17.5 Å².